The van der Waals surface area contributed by atoms with Crippen LogP contribution in [0.3, 0.4) is 0 Å². The first-order chi connectivity index (χ1) is 8.61. The Bertz CT molecular complexity index is 460. The normalized spacial score (nSPS) is 18.8. The maximum absolute atomic E-state index is 11.1. The zero-order valence-corrected chi connectivity index (χ0v) is 12.0. The highest BCUT2D eigenvalue weighted by Crippen LogP contribution is 2.30. The summed E-state index contributed by atoms with van der Waals surface area (Å²) in [5.41, 5.74) is 0. The van der Waals surface area contributed by atoms with E-state index < -0.39 is 6.09 Å². The van der Waals surface area contributed by atoms with E-state index in [1.165, 1.54) is 13.4 Å². The molecule has 18 heavy (non-hydrogen) atoms. The molecule has 98 valence electrons. The van der Waals surface area contributed by atoms with Crippen molar-refractivity contribution in [3.8, 4) is 0 Å². The minimum Gasteiger partial charge on any atom is -0.453 e. The fourth-order valence-electron chi connectivity index (χ4n) is 1.86. The second-order valence-corrected chi connectivity index (χ2v) is 5.02. The van der Waals surface area contributed by atoms with Crippen molar-refractivity contribution in [1.82, 2.24) is 15.3 Å². The third-order valence-electron chi connectivity index (χ3n) is 2.72. The van der Waals surface area contributed by atoms with Gasteiger partial charge in [0.2, 0.25) is 0 Å². The van der Waals surface area contributed by atoms with Crippen molar-refractivity contribution in [3.63, 3.8) is 0 Å². The molecule has 1 aromatic rings. The van der Waals surface area contributed by atoms with Crippen molar-refractivity contribution >= 4 is 39.4 Å². The molecule has 0 bridgehead atoms. The zero-order chi connectivity index (χ0) is 13.1. The minimum absolute atomic E-state index is 0.0538. The highest BCUT2D eigenvalue weighted by atomic mass is 79.9. The van der Waals surface area contributed by atoms with Crippen LogP contribution in [0.4, 0.5) is 10.6 Å². The van der Waals surface area contributed by atoms with E-state index in [1.807, 2.05) is 4.90 Å². The van der Waals surface area contributed by atoms with Crippen LogP contribution < -0.4 is 10.2 Å². The fraction of sp³-hybridized carbons (Fsp3) is 0.500. The Morgan fingerprint density at radius 1 is 1.67 bits per heavy atom. The van der Waals surface area contributed by atoms with Gasteiger partial charge in [-0.15, -0.1) is 0 Å². The smallest absolute Gasteiger partial charge is 0.407 e. The number of anilines is 1. The molecule has 1 atom stereocenters. The molecule has 1 aromatic heterocycles. The molecule has 1 N–H and O–H groups in total. The number of halogens is 2. The van der Waals surface area contributed by atoms with Crippen molar-refractivity contribution in [1.29, 1.82) is 0 Å². The molecule has 1 amide bonds. The first-order valence-corrected chi connectivity index (χ1v) is 6.54. The van der Waals surface area contributed by atoms with Crippen LogP contribution in [-0.4, -0.2) is 42.3 Å². The number of nitrogens with zero attached hydrogens (tertiary/aromatic N) is 3. The third-order valence-corrected chi connectivity index (χ3v) is 3.97. The van der Waals surface area contributed by atoms with Gasteiger partial charge in [0.05, 0.1) is 17.6 Å². The maximum Gasteiger partial charge on any atom is 0.407 e. The van der Waals surface area contributed by atoms with E-state index in [0.717, 1.165) is 18.8 Å². The van der Waals surface area contributed by atoms with E-state index in [0.29, 0.717) is 16.2 Å². The van der Waals surface area contributed by atoms with Gasteiger partial charge >= 0.3 is 6.09 Å². The number of hydrogen-bond acceptors (Lipinski definition) is 5. The molecule has 1 unspecified atom stereocenters. The quantitative estimate of drug-likeness (QED) is 0.835. The van der Waals surface area contributed by atoms with Crippen LogP contribution in [0.15, 0.2) is 10.8 Å². The van der Waals surface area contributed by atoms with Gasteiger partial charge in [-0.1, -0.05) is 11.6 Å². The molecule has 8 heteroatoms. The van der Waals surface area contributed by atoms with Gasteiger partial charge in [-0.05, 0) is 22.4 Å². The molecule has 0 saturated carbocycles. The molecular formula is C10H12BrClN4O2. The molecule has 1 aliphatic heterocycles. The Balaban J connectivity index is 2.04. The van der Waals surface area contributed by atoms with Crippen LogP contribution >= 0.6 is 27.5 Å². The molecule has 1 fully saturated rings. The summed E-state index contributed by atoms with van der Waals surface area (Å²) in [5, 5.41) is 3.15. The van der Waals surface area contributed by atoms with E-state index in [4.69, 9.17) is 11.6 Å². The molecule has 6 nitrogen and oxygen atoms in total. The van der Waals surface area contributed by atoms with Crippen molar-refractivity contribution in [2.45, 2.75) is 12.5 Å². The molecule has 1 saturated heterocycles. The highest BCUT2D eigenvalue weighted by molar-refractivity contribution is 9.10. The van der Waals surface area contributed by atoms with Crippen LogP contribution in [-0.2, 0) is 4.74 Å². The monoisotopic (exact) mass is 334 g/mol. The predicted octanol–water partition coefficient (Wildman–Crippen LogP) is 1.83. The number of alkyl carbamates (subject to hydrolysis) is 1. The SMILES string of the molecule is COC(=O)NC1CCN(c2ncnc(Cl)c2Br)C1. The van der Waals surface area contributed by atoms with Gasteiger partial charge in [0.15, 0.2) is 0 Å². The minimum atomic E-state index is -0.415. The summed E-state index contributed by atoms with van der Waals surface area (Å²) in [5.74, 6) is 0.740. The second-order valence-electron chi connectivity index (χ2n) is 3.87. The highest BCUT2D eigenvalue weighted by Gasteiger charge is 2.26. The van der Waals surface area contributed by atoms with Crippen LogP contribution in [0.2, 0.25) is 5.15 Å². The number of rotatable bonds is 2. The van der Waals surface area contributed by atoms with Crippen molar-refractivity contribution in [3.05, 3.63) is 16.0 Å². The molecule has 2 rings (SSSR count). The number of hydrogen-bond donors (Lipinski definition) is 1. The van der Waals surface area contributed by atoms with E-state index in [2.05, 4.69) is 36.0 Å². The molecule has 0 aromatic carbocycles. The number of ether oxygens (including phenoxy) is 1. The average molecular weight is 336 g/mol. The van der Waals surface area contributed by atoms with Crippen LogP contribution in [0.5, 0.6) is 0 Å². The number of aromatic nitrogens is 2. The Morgan fingerprint density at radius 2 is 2.44 bits per heavy atom. The lowest BCUT2D eigenvalue weighted by atomic mass is 10.3. The van der Waals surface area contributed by atoms with E-state index in [1.54, 1.807) is 0 Å². The number of amides is 1. The molecule has 0 aliphatic carbocycles. The van der Waals surface area contributed by atoms with Crippen LogP contribution in [0, 0.1) is 0 Å². The fourth-order valence-corrected chi connectivity index (χ4v) is 2.44. The Kier molecular flexibility index (Phi) is 4.23. The topological polar surface area (TPSA) is 67.3 Å². The van der Waals surface area contributed by atoms with E-state index in [9.17, 15) is 4.79 Å². The third kappa shape index (κ3) is 2.84. The summed E-state index contributed by atoms with van der Waals surface area (Å²) >= 11 is 9.29. The predicted molar refractivity (Wildman–Crippen MR) is 70.9 cm³/mol. The average Bonchev–Trinajstić information content (AvgIpc) is 2.80. The number of carbonyl (C=O) groups excluding carboxylic acids is 1. The summed E-state index contributed by atoms with van der Waals surface area (Å²) in [6.07, 6.45) is 1.84. The van der Waals surface area contributed by atoms with Gasteiger partial charge in [-0.25, -0.2) is 14.8 Å². The lowest BCUT2D eigenvalue weighted by Crippen LogP contribution is -2.37. The summed E-state index contributed by atoms with van der Waals surface area (Å²) in [7, 11) is 1.35. The summed E-state index contributed by atoms with van der Waals surface area (Å²) < 4.78 is 5.24. The van der Waals surface area contributed by atoms with Crippen molar-refractivity contribution in [2.75, 3.05) is 25.1 Å². The Morgan fingerprint density at radius 3 is 3.17 bits per heavy atom. The summed E-state index contributed by atoms with van der Waals surface area (Å²) in [4.78, 5) is 21.2. The number of methoxy groups -OCH3 is 1. The second kappa shape index (κ2) is 5.71. The Hall–Kier alpha value is -1.08. The number of carbonyl (C=O) groups is 1. The van der Waals surface area contributed by atoms with Gasteiger partial charge in [0, 0.05) is 13.1 Å². The standard InChI is InChI=1S/C10H12BrClN4O2/c1-18-10(17)15-6-2-3-16(4-6)9-7(11)8(12)13-5-14-9/h5-6H,2-4H2,1H3,(H,15,17). The maximum atomic E-state index is 11.1. The summed E-state index contributed by atoms with van der Waals surface area (Å²) in [6.45, 7) is 1.46. The lowest BCUT2D eigenvalue weighted by molar-refractivity contribution is 0.167. The van der Waals surface area contributed by atoms with E-state index >= 15 is 0 Å². The van der Waals surface area contributed by atoms with Gasteiger partial charge in [-0.3, -0.25) is 0 Å². The molecule has 0 spiro atoms. The van der Waals surface area contributed by atoms with Gasteiger partial charge < -0.3 is 15.0 Å². The van der Waals surface area contributed by atoms with Gasteiger partial charge in [0.25, 0.3) is 0 Å². The molecular weight excluding hydrogens is 323 g/mol. The number of nitrogens with one attached hydrogen (secondary N) is 1. The Labute approximate surface area is 118 Å². The summed E-state index contributed by atoms with van der Waals surface area (Å²) in [6, 6.07) is 0.0538. The van der Waals surface area contributed by atoms with Crippen molar-refractivity contribution in [2.24, 2.45) is 0 Å². The van der Waals surface area contributed by atoms with Crippen molar-refractivity contribution < 1.29 is 9.53 Å². The lowest BCUT2D eigenvalue weighted by Gasteiger charge is -2.19. The first-order valence-electron chi connectivity index (χ1n) is 5.37. The van der Waals surface area contributed by atoms with Crippen LogP contribution in [0.1, 0.15) is 6.42 Å². The van der Waals surface area contributed by atoms with Crippen LogP contribution in [0.25, 0.3) is 0 Å². The molecule has 0 radical (unpaired) electrons. The molecule has 2 heterocycles. The molecule has 1 aliphatic rings. The van der Waals surface area contributed by atoms with Gasteiger partial charge in [-0.2, -0.15) is 0 Å². The van der Waals surface area contributed by atoms with E-state index in [-0.39, 0.29) is 6.04 Å². The zero-order valence-electron chi connectivity index (χ0n) is 9.69. The first kappa shape index (κ1) is 13.4. The largest absolute Gasteiger partial charge is 0.453 e. The van der Waals surface area contributed by atoms with Gasteiger partial charge in [0.1, 0.15) is 17.3 Å².